The average molecular weight is 933 g/mol. The van der Waals surface area contributed by atoms with Gasteiger partial charge in [0.25, 0.3) is 0 Å². The van der Waals surface area contributed by atoms with E-state index in [0.29, 0.717) is 11.8 Å². The number of rotatable bonds is 8. The Labute approximate surface area is 426 Å². The summed E-state index contributed by atoms with van der Waals surface area (Å²) >= 11 is 0. The van der Waals surface area contributed by atoms with Crippen molar-refractivity contribution in [1.29, 1.82) is 0 Å². The Morgan fingerprint density at radius 1 is 0.352 bits per heavy atom. The molecule has 0 amide bonds. The summed E-state index contributed by atoms with van der Waals surface area (Å²) in [7, 11) is 0. The van der Waals surface area contributed by atoms with Crippen LogP contribution in [0.4, 0.5) is 22.7 Å². The minimum absolute atomic E-state index is 0.0282. The van der Waals surface area contributed by atoms with E-state index in [1.165, 1.54) is 110 Å². The van der Waals surface area contributed by atoms with E-state index in [2.05, 4.69) is 251 Å². The molecule has 2 nitrogen and oxygen atoms in total. The van der Waals surface area contributed by atoms with Gasteiger partial charge >= 0.3 is 0 Å². The molecule has 0 atom stereocenters. The molecule has 2 heteroatoms. The van der Waals surface area contributed by atoms with Gasteiger partial charge in [-0.15, -0.1) is 0 Å². The molecule has 1 spiro atoms. The van der Waals surface area contributed by atoms with Crippen molar-refractivity contribution < 1.29 is 0 Å². The highest BCUT2D eigenvalue weighted by atomic mass is 15.2. The van der Waals surface area contributed by atoms with Crippen LogP contribution in [0, 0.1) is 23.7 Å². The van der Waals surface area contributed by atoms with Crippen LogP contribution in [0.25, 0.3) is 22.3 Å². The Morgan fingerprint density at radius 2 is 0.718 bits per heavy atom. The van der Waals surface area contributed by atoms with Gasteiger partial charge in [0.1, 0.15) is 0 Å². The maximum absolute atomic E-state index is 2.77. The van der Waals surface area contributed by atoms with Crippen LogP contribution in [0.1, 0.15) is 160 Å². The van der Waals surface area contributed by atoms with E-state index in [1.54, 1.807) is 11.1 Å². The fraction of sp³-hybridized carbons (Fsp3) is 0.391. The Bertz CT molecular complexity index is 3140. The van der Waals surface area contributed by atoms with Gasteiger partial charge in [0.05, 0.1) is 11.1 Å². The number of fused-ring (bicyclic) bond motifs is 6. The van der Waals surface area contributed by atoms with Crippen LogP contribution in [-0.2, 0) is 32.7 Å². The van der Waals surface area contributed by atoms with Gasteiger partial charge < -0.3 is 9.80 Å². The zero-order chi connectivity index (χ0) is 49.6. The van der Waals surface area contributed by atoms with Gasteiger partial charge in [0.2, 0.25) is 0 Å². The molecular weight excluding hydrogens is 857 g/mol. The smallest absolute Gasteiger partial charge is 0.0646 e. The normalized spacial score (nSPS) is 22.5. The number of nitrogens with zero attached hydrogens (tertiary/aromatic N) is 2. The lowest BCUT2D eigenvalue weighted by molar-refractivity contribution is -0.0399. The van der Waals surface area contributed by atoms with E-state index < -0.39 is 0 Å². The van der Waals surface area contributed by atoms with Gasteiger partial charge in [-0.3, -0.25) is 0 Å². The van der Waals surface area contributed by atoms with Gasteiger partial charge in [-0.1, -0.05) is 152 Å². The molecule has 7 aromatic rings. The van der Waals surface area contributed by atoms with E-state index in [0.717, 1.165) is 11.8 Å². The minimum Gasteiger partial charge on any atom is -0.332 e. The molecule has 6 aliphatic rings. The van der Waals surface area contributed by atoms with Gasteiger partial charge in [-0.05, 0) is 222 Å². The second kappa shape index (κ2) is 15.8. The van der Waals surface area contributed by atoms with Gasteiger partial charge in [-0.25, -0.2) is 0 Å². The van der Waals surface area contributed by atoms with Crippen molar-refractivity contribution in [1.82, 2.24) is 0 Å². The Morgan fingerprint density at radius 3 is 1.15 bits per heavy atom. The van der Waals surface area contributed by atoms with Crippen LogP contribution in [-0.4, -0.2) is 0 Å². The van der Waals surface area contributed by atoms with Crippen molar-refractivity contribution in [2.75, 3.05) is 9.80 Å². The molecule has 0 aliphatic heterocycles. The summed E-state index contributed by atoms with van der Waals surface area (Å²) in [6.07, 6.45) is 6.90. The van der Waals surface area contributed by atoms with Gasteiger partial charge in [0.15, 0.2) is 0 Å². The molecule has 4 saturated carbocycles. The molecule has 7 aromatic carbocycles. The predicted octanol–water partition coefficient (Wildman–Crippen LogP) is 18.5. The van der Waals surface area contributed by atoms with Crippen molar-refractivity contribution in [3.8, 4) is 22.3 Å². The van der Waals surface area contributed by atoms with Crippen LogP contribution >= 0.6 is 0 Å². The second-order valence-electron chi connectivity index (χ2n) is 26.3. The predicted molar refractivity (Wildman–Crippen MR) is 301 cm³/mol. The Hall–Kier alpha value is -5.86. The first-order valence-corrected chi connectivity index (χ1v) is 27.1. The standard InChI is InChI=1S/C69H76N2/c1-64(2,3)46-23-27-52(28-24-46)70(67(9,10)48-19-15-13-16-20-48)54-31-33-60-56(40-54)58-43-63-59(42-62(58)66(60,7)8)57-41-55(32-34-61(57)69(63)50-36-44-35-45(38-50)39-51(69)37-44)71(68(11,12)49-21-17-14-18-22-49)53-29-25-47(26-30-53)65(4,5)6/h13-34,40-45,50-51H,35-39H2,1-12H3. The van der Waals surface area contributed by atoms with Crippen molar-refractivity contribution in [3.63, 3.8) is 0 Å². The topological polar surface area (TPSA) is 6.48 Å². The van der Waals surface area contributed by atoms with Crippen LogP contribution in [0.15, 0.2) is 158 Å². The van der Waals surface area contributed by atoms with Crippen LogP contribution in [0.5, 0.6) is 0 Å². The zero-order valence-corrected chi connectivity index (χ0v) is 44.8. The monoisotopic (exact) mass is 933 g/mol. The number of hydrogen-bond donors (Lipinski definition) is 0. The van der Waals surface area contributed by atoms with Crippen LogP contribution in [0.3, 0.4) is 0 Å². The van der Waals surface area contributed by atoms with Crippen molar-refractivity contribution in [3.05, 3.63) is 202 Å². The molecule has 6 aliphatic carbocycles. The summed E-state index contributed by atoms with van der Waals surface area (Å²) in [5.74, 6) is 3.09. The molecule has 0 N–H and O–H groups in total. The number of anilines is 4. The molecular formula is C69H76N2. The number of hydrogen-bond acceptors (Lipinski definition) is 2. The molecule has 362 valence electrons. The van der Waals surface area contributed by atoms with Crippen molar-refractivity contribution in [2.24, 2.45) is 23.7 Å². The third kappa shape index (κ3) is 7.00. The third-order valence-electron chi connectivity index (χ3n) is 19.0. The zero-order valence-electron chi connectivity index (χ0n) is 44.8. The first kappa shape index (κ1) is 46.2. The van der Waals surface area contributed by atoms with Crippen LogP contribution in [0.2, 0.25) is 0 Å². The highest BCUT2D eigenvalue weighted by molar-refractivity contribution is 5.93. The fourth-order valence-electron chi connectivity index (χ4n) is 15.5. The van der Waals surface area contributed by atoms with E-state index in [1.807, 2.05) is 0 Å². The first-order valence-electron chi connectivity index (χ1n) is 27.1. The molecule has 0 radical (unpaired) electrons. The summed E-state index contributed by atoms with van der Waals surface area (Å²) in [5, 5.41) is 0. The largest absolute Gasteiger partial charge is 0.332 e. The van der Waals surface area contributed by atoms with E-state index in [9.17, 15) is 0 Å². The highest BCUT2D eigenvalue weighted by Crippen LogP contribution is 2.71. The molecule has 13 rings (SSSR count). The molecule has 4 bridgehead atoms. The first-order chi connectivity index (χ1) is 33.7. The molecule has 4 fully saturated rings. The van der Waals surface area contributed by atoms with Gasteiger partial charge in [-0.2, -0.15) is 0 Å². The van der Waals surface area contributed by atoms with E-state index in [-0.39, 0.29) is 32.7 Å². The lowest BCUT2D eigenvalue weighted by Crippen LogP contribution is -2.55. The summed E-state index contributed by atoms with van der Waals surface area (Å²) in [4.78, 5) is 5.23. The Kier molecular flexibility index (Phi) is 10.3. The lowest BCUT2D eigenvalue weighted by Gasteiger charge is -2.61. The summed E-state index contributed by atoms with van der Waals surface area (Å²) < 4.78 is 0. The molecule has 0 aromatic heterocycles. The molecule has 71 heavy (non-hydrogen) atoms. The summed E-state index contributed by atoms with van der Waals surface area (Å²) in [6, 6.07) is 61.8. The summed E-state index contributed by atoms with van der Waals surface area (Å²) in [6.45, 7) is 28.4. The number of benzene rings is 7. The molecule has 0 heterocycles. The van der Waals surface area contributed by atoms with E-state index >= 15 is 0 Å². The molecule has 0 unspecified atom stereocenters. The quantitative estimate of drug-likeness (QED) is 0.150. The van der Waals surface area contributed by atoms with Crippen molar-refractivity contribution in [2.45, 2.75) is 148 Å². The van der Waals surface area contributed by atoms with Crippen molar-refractivity contribution >= 4 is 22.7 Å². The lowest BCUT2D eigenvalue weighted by atomic mass is 9.43. The van der Waals surface area contributed by atoms with Crippen LogP contribution < -0.4 is 9.80 Å². The molecule has 0 saturated heterocycles. The fourth-order valence-corrected chi connectivity index (χ4v) is 15.5. The summed E-state index contributed by atoms with van der Waals surface area (Å²) in [5.41, 5.74) is 21.5. The highest BCUT2D eigenvalue weighted by Gasteiger charge is 2.62. The maximum atomic E-state index is 2.77. The SMILES string of the molecule is CC(C)(C)c1ccc(N(c2ccc3c(c2)-c2cc4c(cc2C3(C)C)-c2cc(N(c3ccc(C(C)(C)C)cc3)C(C)(C)c3ccccc3)ccc2C42C3CC4CC(C3)CC2C4)C(C)(C)c2ccccc2)cc1. The van der Waals surface area contributed by atoms with E-state index in [4.69, 9.17) is 0 Å². The maximum Gasteiger partial charge on any atom is 0.0646 e. The second-order valence-corrected chi connectivity index (χ2v) is 26.3. The third-order valence-corrected chi connectivity index (χ3v) is 19.0. The van der Waals surface area contributed by atoms with Gasteiger partial charge in [0, 0.05) is 33.6 Å². The average Bonchev–Trinajstić information content (AvgIpc) is 3.74. The Balaban J connectivity index is 1.05. The minimum atomic E-state index is -0.324.